The molecule has 0 heterocycles. The standard InChI is InChI=1S/C30H48N2/c1-7-13-14-26(23-25-15-19-29(20-16-25)31(9-3)10-4)24-27(8-2)28-17-21-30(22-18-28)32(11-5)12-6/h15-22,26-27H,7-14,23-24H2,1-6H3. The molecule has 0 bridgehead atoms. The van der Waals surface area contributed by atoms with Crippen LogP contribution >= 0.6 is 0 Å². The molecule has 0 radical (unpaired) electrons. The molecule has 0 aliphatic heterocycles. The Hall–Kier alpha value is -1.96. The smallest absolute Gasteiger partial charge is 0.0366 e. The fourth-order valence-electron chi connectivity index (χ4n) is 5.05. The summed E-state index contributed by atoms with van der Waals surface area (Å²) in [5.74, 6) is 1.40. The second kappa shape index (κ2) is 14.2. The molecule has 2 rings (SSSR count). The van der Waals surface area contributed by atoms with E-state index in [9.17, 15) is 0 Å². The summed E-state index contributed by atoms with van der Waals surface area (Å²) in [6.07, 6.45) is 7.66. The summed E-state index contributed by atoms with van der Waals surface area (Å²) in [5, 5.41) is 0. The van der Waals surface area contributed by atoms with Crippen LogP contribution in [0.4, 0.5) is 11.4 Å². The van der Waals surface area contributed by atoms with E-state index in [1.54, 1.807) is 0 Å². The zero-order valence-corrected chi connectivity index (χ0v) is 21.7. The molecule has 2 heteroatoms. The number of unbranched alkanes of at least 4 members (excludes halogenated alkanes) is 1. The monoisotopic (exact) mass is 436 g/mol. The van der Waals surface area contributed by atoms with Crippen LogP contribution in [0.15, 0.2) is 48.5 Å². The third-order valence-electron chi connectivity index (χ3n) is 7.16. The van der Waals surface area contributed by atoms with Crippen LogP contribution < -0.4 is 9.80 Å². The Labute approximate surface area is 199 Å². The third kappa shape index (κ3) is 7.57. The lowest BCUT2D eigenvalue weighted by molar-refractivity contribution is 0.388. The summed E-state index contributed by atoms with van der Waals surface area (Å²) in [7, 11) is 0. The lowest BCUT2D eigenvalue weighted by Crippen LogP contribution is -2.21. The first-order valence-electron chi connectivity index (χ1n) is 13.3. The van der Waals surface area contributed by atoms with E-state index in [1.807, 2.05) is 0 Å². The number of nitrogens with zero attached hydrogens (tertiary/aromatic N) is 2. The number of hydrogen-bond acceptors (Lipinski definition) is 2. The molecule has 2 aromatic carbocycles. The SMILES string of the molecule is CCCCC(Cc1ccc(N(CC)CC)cc1)CC(CC)c1ccc(N(CC)CC)cc1. The highest BCUT2D eigenvalue weighted by Crippen LogP contribution is 2.32. The number of benzene rings is 2. The molecular formula is C30H48N2. The van der Waals surface area contributed by atoms with E-state index in [1.165, 1.54) is 61.0 Å². The summed E-state index contributed by atoms with van der Waals surface area (Å²) >= 11 is 0. The van der Waals surface area contributed by atoms with Gasteiger partial charge in [0, 0.05) is 37.6 Å². The average molecular weight is 437 g/mol. The van der Waals surface area contributed by atoms with Gasteiger partial charge in [-0.1, -0.05) is 57.4 Å². The maximum Gasteiger partial charge on any atom is 0.0366 e. The van der Waals surface area contributed by atoms with Crippen molar-refractivity contribution in [2.24, 2.45) is 5.92 Å². The average Bonchev–Trinajstić information content (AvgIpc) is 2.84. The molecule has 178 valence electrons. The van der Waals surface area contributed by atoms with Gasteiger partial charge < -0.3 is 9.80 Å². The summed E-state index contributed by atoms with van der Waals surface area (Å²) in [5.41, 5.74) is 5.71. The van der Waals surface area contributed by atoms with Crippen LogP contribution in [0, 0.1) is 5.92 Å². The predicted molar refractivity (Wildman–Crippen MR) is 144 cm³/mol. The Morgan fingerprint density at radius 3 is 1.59 bits per heavy atom. The highest BCUT2D eigenvalue weighted by Gasteiger charge is 2.18. The number of hydrogen-bond donors (Lipinski definition) is 0. The second-order valence-corrected chi connectivity index (χ2v) is 9.16. The van der Waals surface area contributed by atoms with E-state index < -0.39 is 0 Å². The molecule has 32 heavy (non-hydrogen) atoms. The molecule has 2 aromatic rings. The van der Waals surface area contributed by atoms with Crippen LogP contribution in [0.5, 0.6) is 0 Å². The van der Waals surface area contributed by atoms with E-state index in [0.29, 0.717) is 5.92 Å². The molecule has 0 N–H and O–H groups in total. The molecule has 2 nitrogen and oxygen atoms in total. The maximum absolute atomic E-state index is 2.43. The van der Waals surface area contributed by atoms with Crippen molar-refractivity contribution in [1.82, 2.24) is 0 Å². The lowest BCUT2D eigenvalue weighted by atomic mass is 9.82. The highest BCUT2D eigenvalue weighted by atomic mass is 15.1. The first-order valence-corrected chi connectivity index (χ1v) is 13.3. The van der Waals surface area contributed by atoms with Gasteiger partial charge in [0.25, 0.3) is 0 Å². The number of anilines is 2. The van der Waals surface area contributed by atoms with E-state index in [0.717, 1.165) is 32.1 Å². The summed E-state index contributed by atoms with van der Waals surface area (Å²) in [6, 6.07) is 18.8. The molecule has 0 aromatic heterocycles. The van der Waals surface area contributed by atoms with Crippen LogP contribution in [-0.2, 0) is 6.42 Å². The van der Waals surface area contributed by atoms with Gasteiger partial charge in [-0.2, -0.15) is 0 Å². The van der Waals surface area contributed by atoms with Crippen molar-refractivity contribution in [2.75, 3.05) is 36.0 Å². The molecule has 2 unspecified atom stereocenters. The van der Waals surface area contributed by atoms with Crippen molar-refractivity contribution in [3.05, 3.63) is 59.7 Å². The van der Waals surface area contributed by atoms with Crippen LogP contribution in [0.2, 0.25) is 0 Å². The van der Waals surface area contributed by atoms with Crippen molar-refractivity contribution in [1.29, 1.82) is 0 Å². The Bertz CT molecular complexity index is 726. The molecule has 0 amide bonds. The zero-order valence-electron chi connectivity index (χ0n) is 21.7. The maximum atomic E-state index is 2.43. The Balaban J connectivity index is 2.10. The van der Waals surface area contributed by atoms with E-state index in [4.69, 9.17) is 0 Å². The fourth-order valence-corrected chi connectivity index (χ4v) is 5.05. The quantitative estimate of drug-likeness (QED) is 0.277. The van der Waals surface area contributed by atoms with Crippen LogP contribution in [0.3, 0.4) is 0 Å². The van der Waals surface area contributed by atoms with Gasteiger partial charge in [0.2, 0.25) is 0 Å². The van der Waals surface area contributed by atoms with Gasteiger partial charge in [-0.3, -0.25) is 0 Å². The molecule has 2 atom stereocenters. The second-order valence-electron chi connectivity index (χ2n) is 9.16. The van der Waals surface area contributed by atoms with Gasteiger partial charge in [0.15, 0.2) is 0 Å². The van der Waals surface area contributed by atoms with Crippen LogP contribution in [0.1, 0.15) is 90.7 Å². The highest BCUT2D eigenvalue weighted by molar-refractivity contribution is 5.48. The first-order chi connectivity index (χ1) is 15.6. The van der Waals surface area contributed by atoms with Gasteiger partial charge >= 0.3 is 0 Å². The van der Waals surface area contributed by atoms with Gasteiger partial charge in [-0.05, 0) is 94.2 Å². The molecule has 0 aliphatic carbocycles. The summed E-state index contributed by atoms with van der Waals surface area (Å²) in [6.45, 7) is 17.9. The minimum Gasteiger partial charge on any atom is -0.372 e. The van der Waals surface area contributed by atoms with Crippen molar-refractivity contribution in [2.45, 2.75) is 86.0 Å². The topological polar surface area (TPSA) is 6.48 Å². The zero-order chi connectivity index (χ0) is 23.3. The first kappa shape index (κ1) is 26.3. The number of rotatable bonds is 15. The molecule has 0 fully saturated rings. The molecular weight excluding hydrogens is 388 g/mol. The Kier molecular flexibility index (Phi) is 11.7. The minimum atomic E-state index is 0.651. The molecule has 0 aliphatic rings. The minimum absolute atomic E-state index is 0.651. The van der Waals surface area contributed by atoms with Crippen molar-refractivity contribution in [3.8, 4) is 0 Å². The molecule has 0 spiro atoms. The van der Waals surface area contributed by atoms with Crippen LogP contribution in [0.25, 0.3) is 0 Å². The van der Waals surface area contributed by atoms with E-state index in [-0.39, 0.29) is 0 Å². The predicted octanol–water partition coefficient (Wildman–Crippen LogP) is 8.31. The van der Waals surface area contributed by atoms with Crippen molar-refractivity contribution < 1.29 is 0 Å². The normalized spacial score (nSPS) is 13.1. The summed E-state index contributed by atoms with van der Waals surface area (Å²) in [4.78, 5) is 4.85. The summed E-state index contributed by atoms with van der Waals surface area (Å²) < 4.78 is 0. The van der Waals surface area contributed by atoms with Gasteiger partial charge in [0.1, 0.15) is 0 Å². The molecule has 0 saturated heterocycles. The Morgan fingerprint density at radius 1 is 0.656 bits per heavy atom. The lowest BCUT2D eigenvalue weighted by Gasteiger charge is -2.25. The van der Waals surface area contributed by atoms with Crippen molar-refractivity contribution in [3.63, 3.8) is 0 Å². The van der Waals surface area contributed by atoms with Gasteiger partial charge in [-0.25, -0.2) is 0 Å². The largest absolute Gasteiger partial charge is 0.372 e. The van der Waals surface area contributed by atoms with E-state index >= 15 is 0 Å². The van der Waals surface area contributed by atoms with E-state index in [2.05, 4.69) is 99.9 Å². The molecule has 0 saturated carbocycles. The van der Waals surface area contributed by atoms with Gasteiger partial charge in [-0.15, -0.1) is 0 Å². The Morgan fingerprint density at radius 2 is 1.16 bits per heavy atom. The van der Waals surface area contributed by atoms with Crippen LogP contribution in [-0.4, -0.2) is 26.2 Å². The fraction of sp³-hybridized carbons (Fsp3) is 0.600. The van der Waals surface area contributed by atoms with Crippen molar-refractivity contribution >= 4 is 11.4 Å². The van der Waals surface area contributed by atoms with Gasteiger partial charge in [0.05, 0.1) is 0 Å². The third-order valence-corrected chi connectivity index (χ3v) is 7.16.